The molecule has 0 saturated heterocycles. The average molecular weight is 466 g/mol. The molecule has 0 aliphatic carbocycles. The van der Waals surface area contributed by atoms with Gasteiger partial charge in [0.1, 0.15) is 6.04 Å². The standard InChI is InChI=1S/C22H25Cl2N3O4/c1-14(21(29)25-22(2,3)4)26(13-16-9-10-17(23)12-18(16)24)20(28)11-15-7-5-6-8-19(15)27(30)31/h5-10,12,14H,11,13H2,1-4H3,(H,25,29). The molecule has 0 aliphatic heterocycles. The van der Waals surface area contributed by atoms with Gasteiger partial charge < -0.3 is 10.2 Å². The Hall–Kier alpha value is -2.64. The predicted molar refractivity (Wildman–Crippen MR) is 121 cm³/mol. The van der Waals surface area contributed by atoms with Gasteiger partial charge in [-0.05, 0) is 45.4 Å². The number of hydrogen-bond acceptors (Lipinski definition) is 4. The number of carbonyl (C=O) groups excluding carboxylic acids is 2. The number of carbonyl (C=O) groups is 2. The SMILES string of the molecule is CC(C(=O)NC(C)(C)C)N(Cc1ccc(Cl)cc1Cl)C(=O)Cc1ccccc1[N+](=O)[O-]. The van der Waals surface area contributed by atoms with Gasteiger partial charge in [-0.15, -0.1) is 0 Å². The molecule has 2 rings (SSSR count). The van der Waals surface area contributed by atoms with E-state index in [1.165, 1.54) is 23.1 Å². The van der Waals surface area contributed by atoms with E-state index < -0.39 is 22.4 Å². The molecule has 1 atom stereocenters. The van der Waals surface area contributed by atoms with Gasteiger partial charge >= 0.3 is 0 Å². The van der Waals surface area contributed by atoms with Crippen LogP contribution in [0.2, 0.25) is 10.0 Å². The van der Waals surface area contributed by atoms with Gasteiger partial charge in [0, 0.05) is 33.8 Å². The zero-order valence-corrected chi connectivity index (χ0v) is 19.3. The molecule has 2 aromatic rings. The quantitative estimate of drug-likeness (QED) is 0.470. The number of hydrogen-bond donors (Lipinski definition) is 1. The summed E-state index contributed by atoms with van der Waals surface area (Å²) in [5.41, 5.74) is 0.244. The molecule has 0 aromatic heterocycles. The molecular formula is C22H25Cl2N3O4. The van der Waals surface area contributed by atoms with Crippen molar-refractivity contribution in [3.63, 3.8) is 0 Å². The number of nitrogens with one attached hydrogen (secondary N) is 1. The maximum atomic E-state index is 13.2. The molecule has 31 heavy (non-hydrogen) atoms. The fourth-order valence-electron chi connectivity index (χ4n) is 2.99. The lowest BCUT2D eigenvalue weighted by atomic mass is 10.1. The van der Waals surface area contributed by atoms with Crippen LogP contribution in [0.1, 0.15) is 38.8 Å². The lowest BCUT2D eigenvalue weighted by molar-refractivity contribution is -0.385. The molecular weight excluding hydrogens is 441 g/mol. The minimum Gasteiger partial charge on any atom is -0.350 e. The molecule has 9 heteroatoms. The highest BCUT2D eigenvalue weighted by Gasteiger charge is 2.30. The number of nitrogens with zero attached hydrogens (tertiary/aromatic N) is 2. The van der Waals surface area contributed by atoms with Crippen LogP contribution in [0, 0.1) is 10.1 Å². The van der Waals surface area contributed by atoms with Crippen LogP contribution >= 0.6 is 23.2 Å². The smallest absolute Gasteiger partial charge is 0.273 e. The zero-order chi connectivity index (χ0) is 23.3. The van der Waals surface area contributed by atoms with Crippen LogP contribution in [0.5, 0.6) is 0 Å². The summed E-state index contributed by atoms with van der Waals surface area (Å²) in [6, 6.07) is 10.1. The van der Waals surface area contributed by atoms with Crippen molar-refractivity contribution >= 4 is 40.7 Å². The number of nitro benzene ring substituents is 1. The molecule has 0 saturated carbocycles. The summed E-state index contributed by atoms with van der Waals surface area (Å²) in [5, 5.41) is 15.0. The summed E-state index contributed by atoms with van der Waals surface area (Å²) in [6.07, 6.45) is -0.227. The van der Waals surface area contributed by atoms with E-state index in [1.807, 2.05) is 20.8 Å². The average Bonchev–Trinajstić information content (AvgIpc) is 2.65. The Balaban J connectivity index is 2.37. The second-order valence-electron chi connectivity index (χ2n) is 8.24. The van der Waals surface area contributed by atoms with E-state index in [0.29, 0.717) is 15.6 Å². The van der Waals surface area contributed by atoms with Crippen LogP contribution in [-0.2, 0) is 22.6 Å². The fourth-order valence-corrected chi connectivity index (χ4v) is 3.46. The molecule has 1 N–H and O–H groups in total. The molecule has 166 valence electrons. The lowest BCUT2D eigenvalue weighted by Crippen LogP contribution is -2.52. The predicted octanol–water partition coefficient (Wildman–Crippen LogP) is 4.78. The first-order valence-corrected chi connectivity index (χ1v) is 10.4. The zero-order valence-electron chi connectivity index (χ0n) is 17.8. The van der Waals surface area contributed by atoms with Crippen molar-refractivity contribution in [1.82, 2.24) is 10.2 Å². The first-order valence-electron chi connectivity index (χ1n) is 9.67. The summed E-state index contributed by atoms with van der Waals surface area (Å²) in [7, 11) is 0. The van der Waals surface area contributed by atoms with Crippen LogP contribution in [0.3, 0.4) is 0 Å². The van der Waals surface area contributed by atoms with Crippen molar-refractivity contribution < 1.29 is 14.5 Å². The first-order chi connectivity index (χ1) is 14.4. The third-order valence-electron chi connectivity index (χ3n) is 4.55. The number of nitro groups is 1. The maximum Gasteiger partial charge on any atom is 0.273 e. The van der Waals surface area contributed by atoms with E-state index >= 15 is 0 Å². The van der Waals surface area contributed by atoms with Crippen LogP contribution < -0.4 is 5.32 Å². The molecule has 0 spiro atoms. The van der Waals surface area contributed by atoms with E-state index in [1.54, 1.807) is 31.2 Å². The number of benzene rings is 2. The van der Waals surface area contributed by atoms with Crippen molar-refractivity contribution in [2.24, 2.45) is 0 Å². The van der Waals surface area contributed by atoms with Crippen LogP contribution in [0.25, 0.3) is 0 Å². The van der Waals surface area contributed by atoms with E-state index in [4.69, 9.17) is 23.2 Å². The summed E-state index contributed by atoms with van der Waals surface area (Å²) >= 11 is 12.2. The number of halogens is 2. The number of amides is 2. The van der Waals surface area contributed by atoms with Crippen LogP contribution in [-0.4, -0.2) is 33.2 Å². The molecule has 0 radical (unpaired) electrons. The van der Waals surface area contributed by atoms with Crippen molar-refractivity contribution in [1.29, 1.82) is 0 Å². The Labute approximate surface area is 191 Å². The van der Waals surface area contributed by atoms with Crippen molar-refractivity contribution in [2.45, 2.75) is 52.2 Å². The number of para-hydroxylation sites is 1. The second kappa shape index (κ2) is 10.1. The Bertz CT molecular complexity index is 989. The topological polar surface area (TPSA) is 92.6 Å². The third kappa shape index (κ3) is 6.94. The van der Waals surface area contributed by atoms with Crippen molar-refractivity contribution in [3.05, 3.63) is 73.8 Å². The number of rotatable bonds is 7. The van der Waals surface area contributed by atoms with Gasteiger partial charge in [0.05, 0.1) is 11.3 Å². The fraction of sp³-hybridized carbons (Fsp3) is 0.364. The highest BCUT2D eigenvalue weighted by atomic mass is 35.5. The highest BCUT2D eigenvalue weighted by Crippen LogP contribution is 2.25. The molecule has 2 aromatic carbocycles. The largest absolute Gasteiger partial charge is 0.350 e. The van der Waals surface area contributed by atoms with Crippen molar-refractivity contribution in [2.75, 3.05) is 0 Å². The van der Waals surface area contributed by atoms with E-state index in [9.17, 15) is 19.7 Å². The third-order valence-corrected chi connectivity index (χ3v) is 5.14. The van der Waals surface area contributed by atoms with Crippen LogP contribution in [0.4, 0.5) is 5.69 Å². The van der Waals surface area contributed by atoms with Gasteiger partial charge in [-0.1, -0.05) is 47.5 Å². The van der Waals surface area contributed by atoms with Crippen molar-refractivity contribution in [3.8, 4) is 0 Å². The van der Waals surface area contributed by atoms with Gasteiger partial charge in [-0.3, -0.25) is 19.7 Å². The summed E-state index contributed by atoms with van der Waals surface area (Å²) in [4.78, 5) is 38.2. The van der Waals surface area contributed by atoms with Gasteiger partial charge in [-0.25, -0.2) is 0 Å². The summed E-state index contributed by atoms with van der Waals surface area (Å²) in [5.74, 6) is -0.773. The molecule has 2 amide bonds. The summed E-state index contributed by atoms with van der Waals surface area (Å²) in [6.45, 7) is 7.18. The van der Waals surface area contributed by atoms with E-state index in [0.717, 1.165) is 0 Å². The van der Waals surface area contributed by atoms with E-state index in [2.05, 4.69) is 5.32 Å². The Morgan fingerprint density at radius 3 is 2.35 bits per heavy atom. The van der Waals surface area contributed by atoms with Gasteiger partial charge in [0.25, 0.3) is 5.69 Å². The minimum atomic E-state index is -0.832. The highest BCUT2D eigenvalue weighted by molar-refractivity contribution is 6.35. The molecule has 0 bridgehead atoms. The first kappa shape index (κ1) is 24.6. The lowest BCUT2D eigenvalue weighted by Gasteiger charge is -2.31. The van der Waals surface area contributed by atoms with Gasteiger partial charge in [0.2, 0.25) is 11.8 Å². The van der Waals surface area contributed by atoms with Gasteiger partial charge in [0.15, 0.2) is 0 Å². The molecule has 7 nitrogen and oxygen atoms in total. The molecule has 0 fully saturated rings. The second-order valence-corrected chi connectivity index (χ2v) is 9.08. The maximum absolute atomic E-state index is 13.2. The minimum absolute atomic E-state index is 0.0498. The molecule has 0 aliphatic rings. The molecule has 1 unspecified atom stereocenters. The summed E-state index contributed by atoms with van der Waals surface area (Å²) < 4.78 is 0. The van der Waals surface area contributed by atoms with E-state index in [-0.39, 0.29) is 30.1 Å². The molecule has 0 heterocycles. The van der Waals surface area contributed by atoms with Gasteiger partial charge in [-0.2, -0.15) is 0 Å². The normalized spacial score (nSPS) is 12.2. The van der Waals surface area contributed by atoms with Crippen LogP contribution in [0.15, 0.2) is 42.5 Å². The Morgan fingerprint density at radius 1 is 1.13 bits per heavy atom. The monoisotopic (exact) mass is 465 g/mol. The Kier molecular flexibility index (Phi) is 8.03. The Morgan fingerprint density at radius 2 is 1.77 bits per heavy atom.